The maximum Gasteiger partial charge on any atom is 0.124 e. The van der Waals surface area contributed by atoms with Gasteiger partial charge in [-0.2, -0.15) is 0 Å². The summed E-state index contributed by atoms with van der Waals surface area (Å²) in [5.74, 6) is 0.414. The highest BCUT2D eigenvalue weighted by Gasteiger charge is 2.10. The molecule has 0 heterocycles. The molecule has 0 unspecified atom stereocenters. The van der Waals surface area contributed by atoms with Crippen molar-refractivity contribution in [1.29, 1.82) is 0 Å². The quantitative estimate of drug-likeness (QED) is 0.874. The number of hydrogen-bond donors (Lipinski definition) is 1. The van der Waals surface area contributed by atoms with Crippen LogP contribution in [0.1, 0.15) is 38.3 Å². The van der Waals surface area contributed by atoms with Gasteiger partial charge in [0, 0.05) is 10.5 Å². The smallest absolute Gasteiger partial charge is 0.124 e. The average Bonchev–Trinajstić information content (AvgIpc) is 2.14. The average molecular weight is 311 g/mol. The summed E-state index contributed by atoms with van der Waals surface area (Å²) in [6.45, 7) is 4.35. The van der Waals surface area contributed by atoms with Crippen LogP contribution < -0.4 is 5.73 Å². The standard InChI is InChI=1S/C12H17BrFN.ClH/c1-8(2)3-6-12(15)10-5-4-9(14)7-11(10)13;/h4-5,7-8,12H,3,6,15H2,1-2H3;1H/t12-;/m1./s1. The summed E-state index contributed by atoms with van der Waals surface area (Å²) in [6, 6.07) is 4.66. The number of rotatable bonds is 4. The highest BCUT2D eigenvalue weighted by molar-refractivity contribution is 9.10. The predicted octanol–water partition coefficient (Wildman–Crippen LogP) is 4.45. The van der Waals surface area contributed by atoms with Gasteiger partial charge < -0.3 is 5.73 Å². The van der Waals surface area contributed by atoms with Crippen LogP contribution in [0, 0.1) is 11.7 Å². The van der Waals surface area contributed by atoms with Gasteiger partial charge in [-0.05, 0) is 36.5 Å². The lowest BCUT2D eigenvalue weighted by Gasteiger charge is -2.15. The predicted molar refractivity (Wildman–Crippen MR) is 72.3 cm³/mol. The second-order valence-corrected chi connectivity index (χ2v) is 5.10. The number of hydrogen-bond acceptors (Lipinski definition) is 1. The van der Waals surface area contributed by atoms with E-state index in [0.29, 0.717) is 5.92 Å². The Bertz CT molecular complexity index is 331. The summed E-state index contributed by atoms with van der Waals surface area (Å²) in [5, 5.41) is 0. The third-order valence-electron chi connectivity index (χ3n) is 2.42. The Labute approximate surface area is 111 Å². The molecule has 0 aliphatic rings. The molecule has 0 radical (unpaired) electrons. The third-order valence-corrected chi connectivity index (χ3v) is 3.10. The van der Waals surface area contributed by atoms with E-state index in [9.17, 15) is 4.39 Å². The van der Waals surface area contributed by atoms with Crippen LogP contribution in [0.25, 0.3) is 0 Å². The lowest BCUT2D eigenvalue weighted by Crippen LogP contribution is -2.12. The van der Waals surface area contributed by atoms with Gasteiger partial charge in [0.25, 0.3) is 0 Å². The molecule has 0 bridgehead atoms. The first-order chi connectivity index (χ1) is 7.00. The summed E-state index contributed by atoms with van der Waals surface area (Å²) in [6.07, 6.45) is 2.02. The molecule has 4 heteroatoms. The molecular formula is C12H18BrClFN. The summed E-state index contributed by atoms with van der Waals surface area (Å²) < 4.78 is 13.6. The number of halogens is 3. The van der Waals surface area contributed by atoms with E-state index in [0.717, 1.165) is 22.9 Å². The van der Waals surface area contributed by atoms with Crippen LogP contribution in [0.4, 0.5) is 4.39 Å². The summed E-state index contributed by atoms with van der Waals surface area (Å²) in [5.41, 5.74) is 7.03. The lowest BCUT2D eigenvalue weighted by atomic mass is 9.98. The maximum atomic E-state index is 12.9. The van der Waals surface area contributed by atoms with Crippen molar-refractivity contribution in [3.63, 3.8) is 0 Å². The molecule has 0 amide bonds. The van der Waals surface area contributed by atoms with Crippen LogP contribution in [0.15, 0.2) is 22.7 Å². The molecule has 0 spiro atoms. The summed E-state index contributed by atoms with van der Waals surface area (Å²) >= 11 is 3.33. The molecule has 0 saturated heterocycles. The molecule has 1 aromatic carbocycles. The molecule has 0 saturated carbocycles. The zero-order valence-electron chi connectivity index (χ0n) is 9.54. The van der Waals surface area contributed by atoms with E-state index in [1.165, 1.54) is 12.1 Å². The molecule has 1 atom stereocenters. The highest BCUT2D eigenvalue weighted by atomic mass is 79.9. The molecule has 0 aliphatic heterocycles. The molecule has 16 heavy (non-hydrogen) atoms. The van der Waals surface area contributed by atoms with Crippen LogP contribution in [-0.2, 0) is 0 Å². The minimum Gasteiger partial charge on any atom is -0.324 e. The zero-order chi connectivity index (χ0) is 11.4. The molecule has 1 nitrogen and oxygen atoms in total. The van der Waals surface area contributed by atoms with Crippen molar-refractivity contribution in [3.05, 3.63) is 34.1 Å². The van der Waals surface area contributed by atoms with E-state index in [4.69, 9.17) is 5.73 Å². The Kier molecular flexibility index (Phi) is 7.20. The first-order valence-corrected chi connectivity index (χ1v) is 6.00. The minimum absolute atomic E-state index is 0. The summed E-state index contributed by atoms with van der Waals surface area (Å²) in [7, 11) is 0. The van der Waals surface area contributed by atoms with Crippen molar-refractivity contribution < 1.29 is 4.39 Å². The maximum absolute atomic E-state index is 12.9. The first kappa shape index (κ1) is 15.9. The van der Waals surface area contributed by atoms with E-state index in [2.05, 4.69) is 29.8 Å². The Hall–Kier alpha value is -0.120. The third kappa shape index (κ3) is 4.81. The van der Waals surface area contributed by atoms with Gasteiger partial charge in [0.2, 0.25) is 0 Å². The normalized spacial score (nSPS) is 12.4. The van der Waals surface area contributed by atoms with E-state index in [-0.39, 0.29) is 24.3 Å². The topological polar surface area (TPSA) is 26.0 Å². The Morgan fingerprint density at radius 3 is 2.44 bits per heavy atom. The lowest BCUT2D eigenvalue weighted by molar-refractivity contribution is 0.505. The van der Waals surface area contributed by atoms with Crippen molar-refractivity contribution in [2.24, 2.45) is 11.7 Å². The van der Waals surface area contributed by atoms with Crippen LogP contribution in [-0.4, -0.2) is 0 Å². The second-order valence-electron chi connectivity index (χ2n) is 4.24. The van der Waals surface area contributed by atoms with E-state index in [1.54, 1.807) is 6.07 Å². The van der Waals surface area contributed by atoms with Gasteiger partial charge in [-0.25, -0.2) is 4.39 Å². The minimum atomic E-state index is -0.235. The second kappa shape index (κ2) is 7.25. The molecule has 0 aromatic heterocycles. The largest absolute Gasteiger partial charge is 0.324 e. The summed E-state index contributed by atoms with van der Waals surface area (Å²) in [4.78, 5) is 0. The first-order valence-electron chi connectivity index (χ1n) is 5.21. The number of nitrogens with two attached hydrogens (primary N) is 1. The zero-order valence-corrected chi connectivity index (χ0v) is 11.9. The van der Waals surface area contributed by atoms with Gasteiger partial charge in [-0.3, -0.25) is 0 Å². The van der Waals surface area contributed by atoms with Crippen molar-refractivity contribution >= 4 is 28.3 Å². The Morgan fingerprint density at radius 1 is 1.31 bits per heavy atom. The van der Waals surface area contributed by atoms with Crippen LogP contribution in [0.5, 0.6) is 0 Å². The molecule has 2 N–H and O–H groups in total. The highest BCUT2D eigenvalue weighted by Crippen LogP contribution is 2.26. The van der Waals surface area contributed by atoms with Gasteiger partial charge in [-0.15, -0.1) is 12.4 Å². The van der Waals surface area contributed by atoms with Gasteiger partial charge >= 0.3 is 0 Å². The Morgan fingerprint density at radius 2 is 1.94 bits per heavy atom. The van der Waals surface area contributed by atoms with Crippen molar-refractivity contribution in [1.82, 2.24) is 0 Å². The van der Waals surface area contributed by atoms with E-state index >= 15 is 0 Å². The Balaban J connectivity index is 0.00000225. The fourth-order valence-electron chi connectivity index (χ4n) is 1.47. The van der Waals surface area contributed by atoms with Crippen LogP contribution >= 0.6 is 28.3 Å². The monoisotopic (exact) mass is 309 g/mol. The molecule has 92 valence electrons. The van der Waals surface area contributed by atoms with E-state index in [1.807, 2.05) is 0 Å². The van der Waals surface area contributed by atoms with Crippen molar-refractivity contribution in [2.75, 3.05) is 0 Å². The van der Waals surface area contributed by atoms with Gasteiger partial charge in [0.15, 0.2) is 0 Å². The van der Waals surface area contributed by atoms with E-state index < -0.39 is 0 Å². The fraction of sp³-hybridized carbons (Fsp3) is 0.500. The van der Waals surface area contributed by atoms with Crippen molar-refractivity contribution in [3.8, 4) is 0 Å². The molecular weight excluding hydrogens is 292 g/mol. The van der Waals surface area contributed by atoms with Gasteiger partial charge in [0.05, 0.1) is 0 Å². The fourth-order valence-corrected chi connectivity index (χ4v) is 2.12. The molecule has 1 aromatic rings. The van der Waals surface area contributed by atoms with Gasteiger partial charge in [-0.1, -0.05) is 35.8 Å². The molecule has 1 rings (SSSR count). The van der Waals surface area contributed by atoms with Gasteiger partial charge in [0.1, 0.15) is 5.82 Å². The van der Waals surface area contributed by atoms with Crippen molar-refractivity contribution in [2.45, 2.75) is 32.7 Å². The van der Waals surface area contributed by atoms with Crippen LogP contribution in [0.3, 0.4) is 0 Å². The van der Waals surface area contributed by atoms with Crippen LogP contribution in [0.2, 0.25) is 0 Å². The molecule has 0 aliphatic carbocycles. The molecule has 0 fully saturated rings. The SMILES string of the molecule is CC(C)CC[C@@H](N)c1ccc(F)cc1Br.Cl. The number of benzene rings is 1.